The predicted octanol–water partition coefficient (Wildman–Crippen LogP) is 1.84. The smallest absolute Gasteiger partial charge is 0.211 e. The van der Waals surface area contributed by atoms with Crippen LogP contribution >= 0.6 is 0 Å². The van der Waals surface area contributed by atoms with Gasteiger partial charge >= 0.3 is 0 Å². The zero-order valence-corrected chi connectivity index (χ0v) is 14.4. The van der Waals surface area contributed by atoms with Crippen LogP contribution in [0.2, 0.25) is 0 Å². The summed E-state index contributed by atoms with van der Waals surface area (Å²) in [6.07, 6.45) is 3.11. The maximum atomic E-state index is 11.7. The number of piperidine rings is 1. The van der Waals surface area contributed by atoms with Crippen molar-refractivity contribution < 1.29 is 13.2 Å². The van der Waals surface area contributed by atoms with Crippen LogP contribution in [0, 0.1) is 5.92 Å². The molecular formula is C16H26N2O3S. The molecule has 6 heteroatoms. The molecule has 0 spiro atoms. The highest BCUT2D eigenvalue weighted by molar-refractivity contribution is 7.88. The Bertz CT molecular complexity index is 589. The molecule has 0 amide bonds. The molecule has 1 aromatic carbocycles. The van der Waals surface area contributed by atoms with Crippen molar-refractivity contribution in [2.24, 2.45) is 5.92 Å². The van der Waals surface area contributed by atoms with E-state index in [1.54, 1.807) is 11.4 Å². The first-order chi connectivity index (χ1) is 10.5. The molecule has 2 rings (SSSR count). The van der Waals surface area contributed by atoms with Gasteiger partial charge in [0.1, 0.15) is 5.75 Å². The third-order valence-corrected chi connectivity index (χ3v) is 5.71. The third-order valence-electron chi connectivity index (χ3n) is 4.44. The number of benzene rings is 1. The van der Waals surface area contributed by atoms with E-state index in [4.69, 9.17) is 4.74 Å². The fraction of sp³-hybridized carbons (Fsp3) is 0.625. The predicted molar refractivity (Wildman–Crippen MR) is 88.4 cm³/mol. The third kappa shape index (κ3) is 4.21. The average molecular weight is 326 g/mol. The Morgan fingerprint density at radius 3 is 2.73 bits per heavy atom. The largest absolute Gasteiger partial charge is 0.496 e. The van der Waals surface area contributed by atoms with E-state index in [0.717, 1.165) is 30.7 Å². The summed E-state index contributed by atoms with van der Waals surface area (Å²) in [6, 6.07) is 8.32. The van der Waals surface area contributed by atoms with Crippen LogP contribution < -0.4 is 10.1 Å². The number of sulfonamides is 1. The van der Waals surface area contributed by atoms with Gasteiger partial charge in [-0.3, -0.25) is 0 Å². The van der Waals surface area contributed by atoms with Gasteiger partial charge in [0.25, 0.3) is 0 Å². The van der Waals surface area contributed by atoms with Crippen molar-refractivity contribution in [2.45, 2.75) is 32.4 Å². The molecule has 1 aliphatic heterocycles. The Morgan fingerprint density at radius 1 is 1.36 bits per heavy atom. The molecule has 0 unspecified atom stereocenters. The maximum Gasteiger partial charge on any atom is 0.211 e. The average Bonchev–Trinajstić information content (AvgIpc) is 2.52. The lowest BCUT2D eigenvalue weighted by atomic mass is 9.91. The van der Waals surface area contributed by atoms with Crippen LogP contribution in [0.5, 0.6) is 5.75 Å². The Labute approximate surface area is 133 Å². The maximum absolute atomic E-state index is 11.7. The van der Waals surface area contributed by atoms with Gasteiger partial charge in [0, 0.05) is 31.2 Å². The molecule has 22 heavy (non-hydrogen) atoms. The standard InChI is InChI=1S/C16H26N2O3S/c1-4-13-12-18(22(3,19)20)10-9-15(13)17-11-14-7-5-6-8-16(14)21-2/h5-8,13,15,17H,4,9-12H2,1-3H3/t13-,15+/m1/s1. The van der Waals surface area contributed by atoms with Gasteiger partial charge in [-0.25, -0.2) is 12.7 Å². The Morgan fingerprint density at radius 2 is 2.09 bits per heavy atom. The summed E-state index contributed by atoms with van der Waals surface area (Å²) in [5, 5.41) is 3.58. The highest BCUT2D eigenvalue weighted by atomic mass is 32.2. The van der Waals surface area contributed by atoms with Crippen molar-refractivity contribution in [3.05, 3.63) is 29.8 Å². The van der Waals surface area contributed by atoms with Gasteiger partial charge in [0.05, 0.1) is 13.4 Å². The van der Waals surface area contributed by atoms with E-state index in [2.05, 4.69) is 18.3 Å². The minimum absolute atomic E-state index is 0.341. The molecule has 1 aliphatic rings. The van der Waals surface area contributed by atoms with Crippen LogP contribution in [0.25, 0.3) is 0 Å². The van der Waals surface area contributed by atoms with Gasteiger partial charge in [-0.05, 0) is 18.4 Å². The zero-order chi connectivity index (χ0) is 16.2. The molecule has 1 N–H and O–H groups in total. The lowest BCUT2D eigenvalue weighted by Gasteiger charge is -2.37. The molecule has 5 nitrogen and oxygen atoms in total. The molecule has 1 heterocycles. The van der Waals surface area contributed by atoms with Crippen molar-refractivity contribution in [1.82, 2.24) is 9.62 Å². The van der Waals surface area contributed by atoms with Crippen LogP contribution in [0.3, 0.4) is 0 Å². The van der Waals surface area contributed by atoms with E-state index in [0.29, 0.717) is 25.0 Å². The Kier molecular flexibility index (Phi) is 5.83. The van der Waals surface area contributed by atoms with Crippen molar-refractivity contribution >= 4 is 10.0 Å². The summed E-state index contributed by atoms with van der Waals surface area (Å²) in [5.41, 5.74) is 1.13. The number of hydrogen-bond donors (Lipinski definition) is 1. The second-order valence-electron chi connectivity index (χ2n) is 5.88. The first-order valence-electron chi connectivity index (χ1n) is 7.76. The number of rotatable bonds is 6. The molecule has 1 saturated heterocycles. The minimum Gasteiger partial charge on any atom is -0.496 e. The molecule has 2 atom stereocenters. The van der Waals surface area contributed by atoms with Crippen molar-refractivity contribution in [3.8, 4) is 5.75 Å². The van der Waals surface area contributed by atoms with Gasteiger partial charge in [0.2, 0.25) is 10.0 Å². The van der Waals surface area contributed by atoms with Crippen molar-refractivity contribution in [2.75, 3.05) is 26.5 Å². The fourth-order valence-corrected chi connectivity index (χ4v) is 3.97. The van der Waals surface area contributed by atoms with Gasteiger partial charge in [0.15, 0.2) is 0 Å². The lowest BCUT2D eigenvalue weighted by molar-refractivity contribution is 0.201. The first kappa shape index (κ1) is 17.2. The van der Waals surface area contributed by atoms with Gasteiger partial charge in [-0.1, -0.05) is 31.5 Å². The fourth-order valence-electron chi connectivity index (χ4n) is 3.07. The summed E-state index contributed by atoms with van der Waals surface area (Å²) >= 11 is 0. The molecule has 0 aliphatic carbocycles. The summed E-state index contributed by atoms with van der Waals surface area (Å²) in [5.74, 6) is 1.23. The topological polar surface area (TPSA) is 58.6 Å². The van der Waals surface area contributed by atoms with Crippen LogP contribution in [-0.2, 0) is 16.6 Å². The van der Waals surface area contributed by atoms with Crippen LogP contribution in [0.1, 0.15) is 25.3 Å². The van der Waals surface area contributed by atoms with Gasteiger partial charge < -0.3 is 10.1 Å². The summed E-state index contributed by atoms with van der Waals surface area (Å²) < 4.78 is 30.4. The van der Waals surface area contributed by atoms with E-state index >= 15 is 0 Å². The lowest BCUT2D eigenvalue weighted by Crippen LogP contribution is -2.50. The molecule has 0 aromatic heterocycles. The van der Waals surface area contributed by atoms with Crippen molar-refractivity contribution in [3.63, 3.8) is 0 Å². The Hall–Kier alpha value is -1.11. The van der Waals surface area contributed by atoms with Crippen LogP contribution in [0.15, 0.2) is 24.3 Å². The number of nitrogens with zero attached hydrogens (tertiary/aromatic N) is 1. The highest BCUT2D eigenvalue weighted by Crippen LogP contribution is 2.23. The van der Waals surface area contributed by atoms with E-state index in [-0.39, 0.29) is 0 Å². The SMILES string of the molecule is CC[C@@H]1CN(S(C)(=O)=O)CC[C@@H]1NCc1ccccc1OC. The number of ether oxygens (including phenoxy) is 1. The minimum atomic E-state index is -3.08. The number of methoxy groups -OCH3 is 1. The van der Waals surface area contributed by atoms with Crippen molar-refractivity contribution in [1.29, 1.82) is 0 Å². The molecule has 0 saturated carbocycles. The number of nitrogens with one attached hydrogen (secondary N) is 1. The van der Waals surface area contributed by atoms with Gasteiger partial charge in [-0.2, -0.15) is 0 Å². The second-order valence-corrected chi connectivity index (χ2v) is 7.86. The number of para-hydroxylation sites is 1. The van der Waals surface area contributed by atoms with Crippen LogP contribution in [0.4, 0.5) is 0 Å². The zero-order valence-electron chi connectivity index (χ0n) is 13.6. The second kappa shape index (κ2) is 7.44. The quantitative estimate of drug-likeness (QED) is 0.867. The van der Waals surface area contributed by atoms with E-state index < -0.39 is 10.0 Å². The summed E-state index contributed by atoms with van der Waals surface area (Å²) in [6.45, 7) is 4.07. The molecule has 0 radical (unpaired) electrons. The number of hydrogen-bond acceptors (Lipinski definition) is 4. The monoisotopic (exact) mass is 326 g/mol. The van der Waals surface area contributed by atoms with E-state index in [1.165, 1.54) is 6.26 Å². The molecule has 1 fully saturated rings. The first-order valence-corrected chi connectivity index (χ1v) is 9.61. The van der Waals surface area contributed by atoms with E-state index in [9.17, 15) is 8.42 Å². The van der Waals surface area contributed by atoms with E-state index in [1.807, 2.05) is 18.2 Å². The van der Waals surface area contributed by atoms with Gasteiger partial charge in [-0.15, -0.1) is 0 Å². The molecule has 124 valence electrons. The van der Waals surface area contributed by atoms with Crippen LogP contribution in [-0.4, -0.2) is 45.2 Å². The summed E-state index contributed by atoms with van der Waals surface area (Å²) in [4.78, 5) is 0. The highest BCUT2D eigenvalue weighted by Gasteiger charge is 2.31. The Balaban J connectivity index is 1.98. The molecular weight excluding hydrogens is 300 g/mol. The normalized spacial score (nSPS) is 23.4. The molecule has 0 bridgehead atoms. The molecule has 1 aromatic rings. The summed E-state index contributed by atoms with van der Waals surface area (Å²) in [7, 11) is -1.41.